The van der Waals surface area contributed by atoms with Crippen molar-refractivity contribution in [2.75, 3.05) is 32.8 Å². The number of rotatable bonds is 3. The summed E-state index contributed by atoms with van der Waals surface area (Å²) in [6.45, 7) is 4.06. The van der Waals surface area contributed by atoms with E-state index in [0.717, 1.165) is 54.3 Å². The molecule has 3 aromatic rings. The lowest BCUT2D eigenvalue weighted by molar-refractivity contribution is 0.0443. The zero-order chi connectivity index (χ0) is 19.3. The lowest BCUT2D eigenvalue weighted by Gasteiger charge is -2.24. The fraction of sp³-hybridized carbons (Fsp3) is 0.261. The summed E-state index contributed by atoms with van der Waals surface area (Å²) in [6, 6.07) is 10.6. The maximum absolute atomic E-state index is 13.5. The Morgan fingerprint density at radius 3 is 2.46 bits per heavy atom. The number of nitrogens with zero attached hydrogens (tertiary/aromatic N) is 3. The van der Waals surface area contributed by atoms with E-state index in [1.807, 2.05) is 35.9 Å². The van der Waals surface area contributed by atoms with Gasteiger partial charge in [-0.25, -0.2) is 4.39 Å². The van der Waals surface area contributed by atoms with Crippen molar-refractivity contribution in [2.45, 2.75) is 0 Å². The van der Waals surface area contributed by atoms with Crippen molar-refractivity contribution in [1.82, 2.24) is 14.5 Å². The van der Waals surface area contributed by atoms with Gasteiger partial charge in [-0.1, -0.05) is 18.1 Å². The van der Waals surface area contributed by atoms with Gasteiger partial charge < -0.3 is 9.30 Å². The molecule has 0 saturated carbocycles. The largest absolute Gasteiger partial charge is 0.379 e. The molecule has 4 nitrogen and oxygen atoms in total. The smallest absolute Gasteiger partial charge is 0.123 e. The fourth-order valence-electron chi connectivity index (χ4n) is 3.43. The fourth-order valence-corrected chi connectivity index (χ4v) is 3.43. The van der Waals surface area contributed by atoms with Crippen LogP contribution in [0, 0.1) is 17.7 Å². The number of morpholine rings is 1. The van der Waals surface area contributed by atoms with Crippen LogP contribution in [0.15, 0.2) is 55.0 Å². The average Bonchev–Trinajstić information content (AvgIpc) is 3.06. The molecule has 0 aliphatic carbocycles. The van der Waals surface area contributed by atoms with Crippen molar-refractivity contribution < 1.29 is 9.13 Å². The van der Waals surface area contributed by atoms with Crippen LogP contribution in [0.25, 0.3) is 22.3 Å². The molecule has 4 rings (SSSR count). The lowest BCUT2D eigenvalue weighted by Crippen LogP contribution is -2.36. The molecule has 1 aliphatic rings. The Labute approximate surface area is 164 Å². The Kier molecular flexibility index (Phi) is 5.52. The topological polar surface area (TPSA) is 30.3 Å². The van der Waals surface area contributed by atoms with E-state index < -0.39 is 0 Å². The van der Waals surface area contributed by atoms with Crippen molar-refractivity contribution in [2.24, 2.45) is 7.05 Å². The summed E-state index contributed by atoms with van der Waals surface area (Å²) in [6.07, 6.45) is 5.63. The van der Waals surface area contributed by atoms with Crippen LogP contribution in [-0.2, 0) is 11.8 Å². The molecular weight excluding hydrogens is 353 g/mol. The van der Waals surface area contributed by atoms with E-state index in [9.17, 15) is 4.39 Å². The molecule has 1 fully saturated rings. The second kappa shape index (κ2) is 8.39. The van der Waals surface area contributed by atoms with Crippen LogP contribution >= 0.6 is 0 Å². The lowest BCUT2D eigenvalue weighted by atomic mass is 9.97. The summed E-state index contributed by atoms with van der Waals surface area (Å²) < 4.78 is 20.9. The highest BCUT2D eigenvalue weighted by molar-refractivity contribution is 5.87. The second-order valence-electron chi connectivity index (χ2n) is 6.81. The van der Waals surface area contributed by atoms with Gasteiger partial charge in [-0.3, -0.25) is 9.88 Å². The minimum absolute atomic E-state index is 0.245. The highest BCUT2D eigenvalue weighted by Gasteiger charge is 2.16. The van der Waals surface area contributed by atoms with Crippen LogP contribution in [0.5, 0.6) is 0 Å². The van der Waals surface area contributed by atoms with Crippen LogP contribution in [0.3, 0.4) is 0 Å². The van der Waals surface area contributed by atoms with Crippen molar-refractivity contribution in [1.29, 1.82) is 0 Å². The predicted molar refractivity (Wildman–Crippen MR) is 108 cm³/mol. The normalized spacial score (nSPS) is 14.5. The molecule has 1 aliphatic heterocycles. The van der Waals surface area contributed by atoms with Gasteiger partial charge in [0.2, 0.25) is 0 Å². The van der Waals surface area contributed by atoms with Gasteiger partial charge in [-0.15, -0.1) is 0 Å². The maximum Gasteiger partial charge on any atom is 0.123 e. The zero-order valence-electron chi connectivity index (χ0n) is 15.9. The number of hydrogen-bond donors (Lipinski definition) is 0. The van der Waals surface area contributed by atoms with Crippen molar-refractivity contribution in [3.63, 3.8) is 0 Å². The molecule has 3 heterocycles. The molecule has 28 heavy (non-hydrogen) atoms. The van der Waals surface area contributed by atoms with Gasteiger partial charge >= 0.3 is 0 Å². The molecule has 5 heteroatoms. The quantitative estimate of drug-likeness (QED) is 0.656. The van der Waals surface area contributed by atoms with E-state index in [-0.39, 0.29) is 5.82 Å². The van der Waals surface area contributed by atoms with Gasteiger partial charge in [-0.2, -0.15) is 0 Å². The third kappa shape index (κ3) is 3.99. The molecule has 0 unspecified atom stereocenters. The number of ether oxygens (including phenoxy) is 1. The highest BCUT2D eigenvalue weighted by atomic mass is 19.1. The molecule has 0 spiro atoms. The SMILES string of the molecule is Cn1cc(-c2ccncc2)c(-c2ccc(F)cc2)c1C#CCN1CCOCC1. The molecule has 0 radical (unpaired) electrons. The summed E-state index contributed by atoms with van der Waals surface area (Å²) in [5, 5.41) is 0. The molecule has 0 amide bonds. The van der Waals surface area contributed by atoms with Crippen molar-refractivity contribution in [3.8, 4) is 34.1 Å². The first-order valence-electron chi connectivity index (χ1n) is 9.37. The van der Waals surface area contributed by atoms with E-state index in [1.54, 1.807) is 12.4 Å². The molecule has 142 valence electrons. The monoisotopic (exact) mass is 375 g/mol. The van der Waals surface area contributed by atoms with Crippen molar-refractivity contribution >= 4 is 0 Å². The summed E-state index contributed by atoms with van der Waals surface area (Å²) in [5.74, 6) is 6.42. The summed E-state index contributed by atoms with van der Waals surface area (Å²) >= 11 is 0. The maximum atomic E-state index is 13.5. The van der Waals surface area contributed by atoms with Crippen LogP contribution < -0.4 is 0 Å². The van der Waals surface area contributed by atoms with Gasteiger partial charge in [0.05, 0.1) is 19.8 Å². The summed E-state index contributed by atoms with van der Waals surface area (Å²) in [5.41, 5.74) is 5.01. The summed E-state index contributed by atoms with van der Waals surface area (Å²) in [4.78, 5) is 6.41. The number of pyridine rings is 1. The Morgan fingerprint density at radius 1 is 1.04 bits per heavy atom. The number of aromatic nitrogens is 2. The van der Waals surface area contributed by atoms with E-state index in [4.69, 9.17) is 4.74 Å². The van der Waals surface area contributed by atoms with Crippen LogP contribution in [0.1, 0.15) is 5.69 Å². The van der Waals surface area contributed by atoms with E-state index in [1.165, 1.54) is 12.1 Å². The third-order valence-electron chi connectivity index (χ3n) is 4.92. The Balaban J connectivity index is 1.75. The molecule has 2 aromatic heterocycles. The first-order chi connectivity index (χ1) is 13.7. The Morgan fingerprint density at radius 2 is 1.75 bits per heavy atom. The standard InChI is InChI=1S/C23H22FN3O/c1-26-17-21(18-8-10-25-11-9-18)23(19-4-6-20(24)7-5-19)22(26)3-2-12-27-13-15-28-16-14-27/h4-11,17H,12-16H2,1H3. The van der Waals surface area contributed by atoms with Gasteiger partial charge in [-0.05, 0) is 41.3 Å². The number of benzene rings is 1. The van der Waals surface area contributed by atoms with Gasteiger partial charge in [0.15, 0.2) is 0 Å². The zero-order valence-corrected chi connectivity index (χ0v) is 15.9. The molecule has 0 atom stereocenters. The van der Waals surface area contributed by atoms with Crippen molar-refractivity contribution in [3.05, 3.63) is 66.5 Å². The first kappa shape index (κ1) is 18.4. The third-order valence-corrected chi connectivity index (χ3v) is 4.92. The molecule has 1 saturated heterocycles. The number of hydrogen-bond acceptors (Lipinski definition) is 3. The molecular formula is C23H22FN3O. The van der Waals surface area contributed by atoms with Gasteiger partial charge in [0.25, 0.3) is 0 Å². The van der Waals surface area contributed by atoms with Crippen LogP contribution in [0.2, 0.25) is 0 Å². The van der Waals surface area contributed by atoms with Crippen LogP contribution in [-0.4, -0.2) is 47.3 Å². The Hall–Kier alpha value is -2.94. The van der Waals surface area contributed by atoms with E-state index in [2.05, 4.69) is 27.9 Å². The molecule has 0 N–H and O–H groups in total. The molecule has 1 aromatic carbocycles. The van der Waals surface area contributed by atoms with E-state index >= 15 is 0 Å². The minimum atomic E-state index is -0.245. The van der Waals surface area contributed by atoms with Gasteiger partial charge in [0.1, 0.15) is 11.5 Å². The predicted octanol–water partition coefficient (Wildman–Crippen LogP) is 3.58. The van der Waals surface area contributed by atoms with Crippen LogP contribution in [0.4, 0.5) is 4.39 Å². The summed E-state index contributed by atoms with van der Waals surface area (Å²) in [7, 11) is 2.00. The first-order valence-corrected chi connectivity index (χ1v) is 9.37. The molecule has 0 bridgehead atoms. The average molecular weight is 375 g/mol. The highest BCUT2D eigenvalue weighted by Crippen LogP contribution is 2.36. The second-order valence-corrected chi connectivity index (χ2v) is 6.81. The van der Waals surface area contributed by atoms with Gasteiger partial charge in [0, 0.05) is 49.9 Å². The number of halogens is 1. The minimum Gasteiger partial charge on any atom is -0.379 e. The number of aryl methyl sites for hydroxylation is 1. The Bertz CT molecular complexity index is 994. The van der Waals surface area contributed by atoms with E-state index in [0.29, 0.717) is 6.54 Å².